The van der Waals surface area contributed by atoms with E-state index in [9.17, 15) is 13.2 Å². The van der Waals surface area contributed by atoms with Crippen LogP contribution in [0.5, 0.6) is 0 Å². The van der Waals surface area contributed by atoms with Gasteiger partial charge in [0.25, 0.3) is 0 Å². The Kier molecular flexibility index (Phi) is 4.61. The van der Waals surface area contributed by atoms with Crippen LogP contribution in [0.1, 0.15) is 31.1 Å². The van der Waals surface area contributed by atoms with Crippen LogP contribution in [-0.4, -0.2) is 24.7 Å². The Labute approximate surface area is 122 Å². The summed E-state index contributed by atoms with van der Waals surface area (Å²) in [7, 11) is -3.43. The summed E-state index contributed by atoms with van der Waals surface area (Å²) in [5, 5.41) is 0. The molecule has 96 valence electrons. The highest BCUT2D eigenvalue weighted by Crippen LogP contribution is 2.32. The zero-order valence-electron chi connectivity index (χ0n) is 9.58. The molecular formula is C10H12Br2O3S2. The molecule has 7 heteroatoms. The van der Waals surface area contributed by atoms with E-state index in [1.165, 1.54) is 11.3 Å². The van der Waals surface area contributed by atoms with Gasteiger partial charge in [-0.25, -0.2) is 8.42 Å². The summed E-state index contributed by atoms with van der Waals surface area (Å²) in [6.45, 7) is 4.77. The minimum Gasteiger partial charge on any atom is -0.293 e. The second-order valence-corrected chi connectivity index (χ2v) is 11.0. The average molecular weight is 404 g/mol. The number of rotatable bonds is 3. The third kappa shape index (κ3) is 3.62. The molecule has 0 N–H and O–H groups in total. The smallest absolute Gasteiger partial charge is 0.179 e. The van der Waals surface area contributed by atoms with Gasteiger partial charge in [-0.15, -0.1) is 11.3 Å². The van der Waals surface area contributed by atoms with Crippen molar-refractivity contribution in [1.29, 1.82) is 0 Å². The molecule has 0 aliphatic rings. The van der Waals surface area contributed by atoms with Crippen LogP contribution in [0.4, 0.5) is 0 Å². The van der Waals surface area contributed by atoms with Gasteiger partial charge in [0.1, 0.15) is 5.75 Å². The minimum absolute atomic E-state index is 0.381. The number of ketones is 1. The predicted octanol–water partition coefficient (Wildman–Crippen LogP) is 3.67. The van der Waals surface area contributed by atoms with Gasteiger partial charge in [-0.05, 0) is 58.7 Å². The van der Waals surface area contributed by atoms with E-state index in [0.717, 1.165) is 3.79 Å². The lowest BCUT2D eigenvalue weighted by atomic mass is 10.2. The van der Waals surface area contributed by atoms with Gasteiger partial charge in [0.15, 0.2) is 15.6 Å². The predicted molar refractivity (Wildman–Crippen MR) is 77.6 cm³/mol. The Morgan fingerprint density at radius 2 is 1.88 bits per heavy atom. The lowest BCUT2D eigenvalue weighted by Crippen LogP contribution is -2.33. The van der Waals surface area contributed by atoms with Crippen LogP contribution in [0.3, 0.4) is 0 Å². The molecular weight excluding hydrogens is 392 g/mol. The van der Waals surface area contributed by atoms with Crippen LogP contribution in [0.2, 0.25) is 0 Å². The zero-order valence-corrected chi connectivity index (χ0v) is 14.4. The van der Waals surface area contributed by atoms with Crippen LogP contribution in [0.25, 0.3) is 0 Å². The molecule has 1 aromatic rings. The largest absolute Gasteiger partial charge is 0.293 e. The van der Waals surface area contributed by atoms with Crippen LogP contribution < -0.4 is 0 Å². The molecule has 0 unspecified atom stereocenters. The first kappa shape index (κ1) is 15.3. The average Bonchev–Trinajstić information content (AvgIpc) is 2.42. The molecule has 0 saturated heterocycles. The fraction of sp³-hybridized carbons (Fsp3) is 0.500. The molecule has 0 aliphatic heterocycles. The van der Waals surface area contributed by atoms with Crippen LogP contribution in [0, 0.1) is 0 Å². The van der Waals surface area contributed by atoms with Gasteiger partial charge in [-0.2, -0.15) is 0 Å². The first-order chi connectivity index (χ1) is 7.54. The number of hydrogen-bond donors (Lipinski definition) is 0. The van der Waals surface area contributed by atoms with Crippen molar-refractivity contribution in [3.8, 4) is 0 Å². The van der Waals surface area contributed by atoms with Crippen molar-refractivity contribution in [3.05, 3.63) is 19.2 Å². The molecule has 0 radical (unpaired) electrons. The third-order valence-electron chi connectivity index (χ3n) is 2.21. The van der Waals surface area contributed by atoms with Crippen LogP contribution >= 0.6 is 43.2 Å². The second-order valence-electron chi connectivity index (χ2n) is 4.53. The molecule has 0 spiro atoms. The summed E-state index contributed by atoms with van der Waals surface area (Å²) in [5.41, 5.74) is 0.412. The first-order valence-electron chi connectivity index (χ1n) is 4.75. The third-order valence-corrected chi connectivity index (χ3v) is 7.06. The van der Waals surface area contributed by atoms with E-state index in [-0.39, 0.29) is 5.78 Å². The van der Waals surface area contributed by atoms with Gasteiger partial charge in [-0.3, -0.25) is 4.79 Å². The molecule has 0 saturated carbocycles. The Morgan fingerprint density at radius 1 is 1.35 bits per heavy atom. The summed E-state index contributed by atoms with van der Waals surface area (Å²) in [6, 6.07) is 1.63. The molecule has 1 heterocycles. The van der Waals surface area contributed by atoms with E-state index in [2.05, 4.69) is 31.9 Å². The van der Waals surface area contributed by atoms with Crippen molar-refractivity contribution in [3.63, 3.8) is 0 Å². The monoisotopic (exact) mass is 402 g/mol. The highest BCUT2D eigenvalue weighted by molar-refractivity contribution is 9.12. The van der Waals surface area contributed by atoms with Gasteiger partial charge < -0.3 is 0 Å². The van der Waals surface area contributed by atoms with Gasteiger partial charge >= 0.3 is 0 Å². The number of carbonyl (C=O) groups excluding carboxylic acids is 1. The standard InChI is InChI=1S/C10H12Br2O3S2/c1-10(2,3)17(14,15)5-7(13)6-4-8(11)16-9(6)12/h4H,5H2,1-3H3. The molecule has 0 aliphatic carbocycles. The van der Waals surface area contributed by atoms with Gasteiger partial charge in [0, 0.05) is 5.56 Å². The molecule has 3 nitrogen and oxygen atoms in total. The SMILES string of the molecule is CC(C)(C)S(=O)(=O)CC(=O)c1cc(Br)sc1Br. The second kappa shape index (κ2) is 5.11. The Morgan fingerprint density at radius 3 is 2.24 bits per heavy atom. The maximum atomic E-state index is 11.9. The maximum absolute atomic E-state index is 11.9. The topological polar surface area (TPSA) is 51.2 Å². The first-order valence-corrected chi connectivity index (χ1v) is 8.80. The maximum Gasteiger partial charge on any atom is 0.179 e. The fourth-order valence-corrected chi connectivity index (χ4v) is 4.79. The molecule has 0 atom stereocenters. The molecule has 0 fully saturated rings. The summed E-state index contributed by atoms with van der Waals surface area (Å²) in [4.78, 5) is 11.9. The number of carbonyl (C=O) groups is 1. The van der Waals surface area contributed by atoms with E-state index >= 15 is 0 Å². The number of sulfone groups is 1. The minimum atomic E-state index is -3.43. The summed E-state index contributed by atoms with van der Waals surface area (Å²) >= 11 is 7.85. The summed E-state index contributed by atoms with van der Waals surface area (Å²) < 4.78 is 24.3. The number of Topliss-reactive ketones (excluding diaryl/α,β-unsaturated/α-hetero) is 1. The quantitative estimate of drug-likeness (QED) is 0.723. The van der Waals surface area contributed by atoms with Crippen molar-refractivity contribution in [2.45, 2.75) is 25.5 Å². The van der Waals surface area contributed by atoms with Gasteiger partial charge in [0.2, 0.25) is 0 Å². The Bertz CT molecular complexity index is 538. The summed E-state index contributed by atoms with van der Waals surface area (Å²) in [6.07, 6.45) is 0. The van der Waals surface area contributed by atoms with E-state index in [1.54, 1.807) is 26.8 Å². The fourth-order valence-electron chi connectivity index (χ4n) is 0.997. The van der Waals surface area contributed by atoms with Gasteiger partial charge in [0.05, 0.1) is 12.3 Å². The molecule has 1 aromatic heterocycles. The zero-order chi connectivity index (χ0) is 13.4. The summed E-state index contributed by atoms with van der Waals surface area (Å²) in [5.74, 6) is -0.841. The Hall–Kier alpha value is 0.280. The van der Waals surface area contributed by atoms with Crippen molar-refractivity contribution in [2.24, 2.45) is 0 Å². The van der Waals surface area contributed by atoms with Crippen molar-refractivity contribution in [2.75, 3.05) is 5.75 Å². The molecule has 17 heavy (non-hydrogen) atoms. The van der Waals surface area contributed by atoms with Crippen molar-refractivity contribution < 1.29 is 13.2 Å². The van der Waals surface area contributed by atoms with Crippen LogP contribution in [-0.2, 0) is 9.84 Å². The van der Waals surface area contributed by atoms with E-state index in [0.29, 0.717) is 9.35 Å². The number of thiophene rings is 1. The number of halogens is 2. The Balaban J connectivity index is 2.99. The molecule has 0 aromatic carbocycles. The van der Waals surface area contributed by atoms with E-state index in [1.807, 2.05) is 0 Å². The molecule has 1 rings (SSSR count). The highest BCUT2D eigenvalue weighted by Gasteiger charge is 2.32. The molecule has 0 bridgehead atoms. The lowest BCUT2D eigenvalue weighted by molar-refractivity contribution is 0.102. The van der Waals surface area contributed by atoms with E-state index < -0.39 is 20.3 Å². The molecule has 0 amide bonds. The highest BCUT2D eigenvalue weighted by atomic mass is 79.9. The van der Waals surface area contributed by atoms with Crippen molar-refractivity contribution in [1.82, 2.24) is 0 Å². The normalized spacial score (nSPS) is 12.8. The van der Waals surface area contributed by atoms with Crippen molar-refractivity contribution >= 4 is 58.8 Å². The van der Waals surface area contributed by atoms with Gasteiger partial charge in [-0.1, -0.05) is 0 Å². The van der Waals surface area contributed by atoms with E-state index in [4.69, 9.17) is 0 Å². The number of hydrogen-bond acceptors (Lipinski definition) is 4. The lowest BCUT2D eigenvalue weighted by Gasteiger charge is -2.18. The van der Waals surface area contributed by atoms with Crippen LogP contribution in [0.15, 0.2) is 13.6 Å².